The van der Waals surface area contributed by atoms with Gasteiger partial charge in [0.05, 0.1) is 11.5 Å². The Kier molecular flexibility index (Phi) is 4.82. The number of piperidine rings is 1. The Morgan fingerprint density at radius 3 is 2.38 bits per heavy atom. The average molecular weight is 353 g/mol. The molecular formula is C20H23N3O3. The van der Waals surface area contributed by atoms with Crippen molar-refractivity contribution in [2.45, 2.75) is 57.3 Å². The first kappa shape index (κ1) is 18.1. The van der Waals surface area contributed by atoms with E-state index < -0.39 is 10.8 Å². The van der Waals surface area contributed by atoms with Crippen LogP contribution >= 0.6 is 0 Å². The van der Waals surface area contributed by atoms with E-state index in [1.807, 2.05) is 19.1 Å². The lowest BCUT2D eigenvalue weighted by atomic mass is 9.72. The van der Waals surface area contributed by atoms with Crippen LogP contribution in [0.5, 0.6) is 0 Å². The first-order valence-electron chi connectivity index (χ1n) is 9.13. The Bertz CT molecular complexity index is 772. The minimum absolute atomic E-state index is 0.235. The molecule has 1 aromatic rings. The molecule has 1 aliphatic heterocycles. The van der Waals surface area contributed by atoms with Gasteiger partial charge in [-0.25, -0.2) is 0 Å². The zero-order chi connectivity index (χ0) is 18.8. The van der Waals surface area contributed by atoms with Gasteiger partial charge in [0, 0.05) is 12.1 Å². The third-order valence-electron chi connectivity index (χ3n) is 5.87. The quantitative estimate of drug-likeness (QED) is 0.813. The Hall–Kier alpha value is -2.68. The molecule has 6 heteroatoms. The largest absolute Gasteiger partial charge is 0.325 e. The summed E-state index contributed by atoms with van der Waals surface area (Å²) in [6, 6.07) is 9.35. The molecule has 0 bridgehead atoms. The van der Waals surface area contributed by atoms with Gasteiger partial charge in [-0.2, -0.15) is 5.26 Å². The summed E-state index contributed by atoms with van der Waals surface area (Å²) in [5, 5.41) is 14.7. The predicted molar refractivity (Wildman–Crippen MR) is 95.9 cm³/mol. The monoisotopic (exact) mass is 353 g/mol. The van der Waals surface area contributed by atoms with Crippen LogP contribution in [-0.4, -0.2) is 17.7 Å². The highest BCUT2D eigenvalue weighted by Crippen LogP contribution is 2.39. The average Bonchev–Trinajstić information content (AvgIpc) is 3.14. The van der Waals surface area contributed by atoms with Gasteiger partial charge >= 0.3 is 0 Å². The number of imide groups is 1. The van der Waals surface area contributed by atoms with Gasteiger partial charge in [0.1, 0.15) is 5.41 Å². The standard InChI is InChI=1S/C20H23N3O3/c1-2-20(12-9-16(24)23-18(20)26)14-5-7-15(8-6-14)22-17(25)19(13-21)10-3-4-11-19/h5-8H,2-4,9-12H2,1H3,(H,22,25)(H,23,24,26). The molecule has 2 N–H and O–H groups in total. The summed E-state index contributed by atoms with van der Waals surface area (Å²) in [5.41, 5.74) is -0.194. The normalized spacial score (nSPS) is 24.6. The third kappa shape index (κ3) is 2.98. The maximum atomic E-state index is 12.5. The van der Waals surface area contributed by atoms with Gasteiger partial charge in [0.2, 0.25) is 17.7 Å². The first-order chi connectivity index (χ1) is 12.5. The summed E-state index contributed by atoms with van der Waals surface area (Å²) in [5.74, 6) is -0.750. The lowest BCUT2D eigenvalue weighted by molar-refractivity contribution is -0.138. The number of benzene rings is 1. The second kappa shape index (κ2) is 6.91. The molecule has 3 rings (SSSR count). The van der Waals surface area contributed by atoms with Crippen molar-refractivity contribution in [1.29, 1.82) is 5.26 Å². The van der Waals surface area contributed by atoms with Crippen LogP contribution in [0.2, 0.25) is 0 Å². The molecule has 6 nitrogen and oxygen atoms in total. The van der Waals surface area contributed by atoms with E-state index in [1.54, 1.807) is 12.1 Å². The van der Waals surface area contributed by atoms with Gasteiger partial charge in [-0.05, 0) is 43.4 Å². The second-order valence-corrected chi connectivity index (χ2v) is 7.25. The zero-order valence-corrected chi connectivity index (χ0v) is 14.9. The van der Waals surface area contributed by atoms with E-state index >= 15 is 0 Å². The molecular weight excluding hydrogens is 330 g/mol. The maximum Gasteiger partial charge on any atom is 0.244 e. The van der Waals surface area contributed by atoms with Crippen LogP contribution in [0.4, 0.5) is 5.69 Å². The molecule has 1 heterocycles. The van der Waals surface area contributed by atoms with E-state index in [-0.39, 0.29) is 17.7 Å². The first-order valence-corrected chi connectivity index (χ1v) is 9.13. The van der Waals surface area contributed by atoms with Crippen molar-refractivity contribution < 1.29 is 14.4 Å². The van der Waals surface area contributed by atoms with Crippen molar-refractivity contribution in [2.75, 3.05) is 5.32 Å². The molecule has 0 radical (unpaired) electrons. The number of hydrogen-bond acceptors (Lipinski definition) is 4. The van der Waals surface area contributed by atoms with Gasteiger partial charge in [0.25, 0.3) is 0 Å². The second-order valence-electron chi connectivity index (χ2n) is 7.25. The van der Waals surface area contributed by atoms with Gasteiger partial charge in [0.15, 0.2) is 0 Å². The Morgan fingerprint density at radius 2 is 1.85 bits per heavy atom. The fourth-order valence-electron chi connectivity index (χ4n) is 4.06. The molecule has 1 saturated heterocycles. The van der Waals surface area contributed by atoms with Crippen LogP contribution in [0, 0.1) is 16.7 Å². The van der Waals surface area contributed by atoms with E-state index in [4.69, 9.17) is 0 Å². The minimum Gasteiger partial charge on any atom is -0.325 e. The van der Waals surface area contributed by atoms with Gasteiger partial charge in [-0.15, -0.1) is 0 Å². The van der Waals surface area contributed by atoms with Crippen LogP contribution < -0.4 is 10.6 Å². The summed E-state index contributed by atoms with van der Waals surface area (Å²) in [6.07, 6.45) is 4.39. The van der Waals surface area contributed by atoms with Crippen LogP contribution in [-0.2, 0) is 19.8 Å². The Balaban J connectivity index is 1.78. The molecule has 26 heavy (non-hydrogen) atoms. The van der Waals surface area contributed by atoms with Crippen LogP contribution in [0.15, 0.2) is 24.3 Å². The van der Waals surface area contributed by atoms with Crippen molar-refractivity contribution in [3.05, 3.63) is 29.8 Å². The summed E-state index contributed by atoms with van der Waals surface area (Å²) >= 11 is 0. The topological polar surface area (TPSA) is 99.1 Å². The predicted octanol–water partition coefficient (Wildman–Crippen LogP) is 2.79. The molecule has 2 aliphatic rings. The zero-order valence-electron chi connectivity index (χ0n) is 14.9. The molecule has 0 spiro atoms. The lowest BCUT2D eigenvalue weighted by Crippen LogP contribution is -2.51. The third-order valence-corrected chi connectivity index (χ3v) is 5.87. The highest BCUT2D eigenvalue weighted by molar-refractivity contribution is 6.03. The number of anilines is 1. The van der Waals surface area contributed by atoms with Crippen LogP contribution in [0.25, 0.3) is 0 Å². The fourth-order valence-corrected chi connectivity index (χ4v) is 4.06. The van der Waals surface area contributed by atoms with Crippen molar-refractivity contribution >= 4 is 23.4 Å². The highest BCUT2D eigenvalue weighted by atomic mass is 16.2. The number of hydrogen-bond donors (Lipinski definition) is 2. The smallest absolute Gasteiger partial charge is 0.244 e. The summed E-state index contributed by atoms with van der Waals surface area (Å²) < 4.78 is 0. The molecule has 136 valence electrons. The fraction of sp³-hybridized carbons (Fsp3) is 0.500. The van der Waals surface area contributed by atoms with E-state index in [0.29, 0.717) is 37.8 Å². The summed E-state index contributed by atoms with van der Waals surface area (Å²) in [4.78, 5) is 36.4. The lowest BCUT2D eigenvalue weighted by Gasteiger charge is -2.35. The summed E-state index contributed by atoms with van der Waals surface area (Å²) in [7, 11) is 0. The van der Waals surface area contributed by atoms with Crippen molar-refractivity contribution in [3.63, 3.8) is 0 Å². The van der Waals surface area contributed by atoms with Crippen LogP contribution in [0.1, 0.15) is 57.4 Å². The van der Waals surface area contributed by atoms with Gasteiger partial charge in [-0.1, -0.05) is 31.9 Å². The van der Waals surface area contributed by atoms with Gasteiger partial charge in [-0.3, -0.25) is 19.7 Å². The molecule has 1 unspecified atom stereocenters. The Labute approximate surface area is 153 Å². The number of amides is 3. The number of carbonyl (C=O) groups is 3. The number of nitrogens with zero attached hydrogens (tertiary/aromatic N) is 1. The number of rotatable bonds is 4. The highest BCUT2D eigenvalue weighted by Gasteiger charge is 2.43. The number of nitriles is 1. The van der Waals surface area contributed by atoms with E-state index in [0.717, 1.165) is 18.4 Å². The molecule has 1 atom stereocenters. The molecule has 2 fully saturated rings. The molecule has 1 aliphatic carbocycles. The maximum absolute atomic E-state index is 12.5. The molecule has 1 saturated carbocycles. The van der Waals surface area contributed by atoms with Crippen molar-refractivity contribution in [3.8, 4) is 6.07 Å². The van der Waals surface area contributed by atoms with Crippen molar-refractivity contribution in [1.82, 2.24) is 5.32 Å². The molecule has 0 aromatic heterocycles. The number of nitrogens with one attached hydrogen (secondary N) is 2. The number of carbonyl (C=O) groups excluding carboxylic acids is 3. The Morgan fingerprint density at radius 1 is 1.19 bits per heavy atom. The van der Waals surface area contributed by atoms with Gasteiger partial charge < -0.3 is 5.32 Å². The van der Waals surface area contributed by atoms with E-state index in [2.05, 4.69) is 16.7 Å². The minimum atomic E-state index is -0.924. The summed E-state index contributed by atoms with van der Waals surface area (Å²) in [6.45, 7) is 1.93. The van der Waals surface area contributed by atoms with E-state index in [9.17, 15) is 19.6 Å². The molecule has 1 aromatic carbocycles. The molecule has 3 amide bonds. The van der Waals surface area contributed by atoms with E-state index in [1.165, 1.54) is 0 Å². The van der Waals surface area contributed by atoms with Crippen LogP contribution in [0.3, 0.4) is 0 Å². The SMILES string of the molecule is CCC1(c2ccc(NC(=O)C3(C#N)CCCC3)cc2)CCC(=O)NC1=O. The van der Waals surface area contributed by atoms with Crippen molar-refractivity contribution in [2.24, 2.45) is 5.41 Å².